The number of rotatable bonds is 6. The largest absolute Gasteiger partial charge is 0.343 e. The minimum absolute atomic E-state index is 0. The molecule has 2 amide bonds. The zero-order valence-electron chi connectivity index (χ0n) is 14.1. The van der Waals surface area contributed by atoms with E-state index in [1.54, 1.807) is 4.90 Å². The van der Waals surface area contributed by atoms with Crippen molar-refractivity contribution in [3.05, 3.63) is 29.8 Å². The summed E-state index contributed by atoms with van der Waals surface area (Å²) in [5, 5.41) is 6.04. The molecule has 1 saturated heterocycles. The van der Waals surface area contributed by atoms with Crippen molar-refractivity contribution in [2.45, 2.75) is 38.6 Å². The lowest BCUT2D eigenvalue weighted by Crippen LogP contribution is -2.53. The fourth-order valence-electron chi connectivity index (χ4n) is 2.95. The highest BCUT2D eigenvalue weighted by atomic mass is 35.5. The summed E-state index contributed by atoms with van der Waals surface area (Å²) in [7, 11) is 0. The van der Waals surface area contributed by atoms with E-state index in [-0.39, 0.29) is 24.2 Å². The fraction of sp³-hybridized carbons (Fsp3) is 0.556. The molecule has 3 rings (SSSR count). The predicted octanol–water partition coefficient (Wildman–Crippen LogP) is 2.03. The van der Waals surface area contributed by atoms with Crippen LogP contribution in [0.1, 0.15) is 31.2 Å². The van der Waals surface area contributed by atoms with Gasteiger partial charge in [0.15, 0.2) is 0 Å². The van der Waals surface area contributed by atoms with Gasteiger partial charge in [0.25, 0.3) is 0 Å². The van der Waals surface area contributed by atoms with Gasteiger partial charge in [0.05, 0.1) is 6.54 Å². The van der Waals surface area contributed by atoms with Crippen LogP contribution in [0.25, 0.3) is 0 Å². The van der Waals surface area contributed by atoms with Gasteiger partial charge in [0.1, 0.15) is 6.04 Å². The molecule has 1 heterocycles. The summed E-state index contributed by atoms with van der Waals surface area (Å²) in [5.41, 5.74) is 2.08. The Morgan fingerprint density at radius 2 is 1.92 bits per heavy atom. The van der Waals surface area contributed by atoms with E-state index in [4.69, 9.17) is 0 Å². The molecule has 0 aromatic heterocycles. The average Bonchev–Trinajstić information content (AvgIpc) is 3.35. The van der Waals surface area contributed by atoms with Gasteiger partial charge in [0, 0.05) is 12.2 Å². The second kappa shape index (κ2) is 8.49. The number of hydrogen-bond donors (Lipinski definition) is 2. The van der Waals surface area contributed by atoms with Crippen molar-refractivity contribution < 1.29 is 9.59 Å². The fourth-order valence-corrected chi connectivity index (χ4v) is 2.95. The van der Waals surface area contributed by atoms with Gasteiger partial charge in [-0.05, 0) is 57.2 Å². The summed E-state index contributed by atoms with van der Waals surface area (Å²) in [6, 6.07) is 7.54. The van der Waals surface area contributed by atoms with Crippen LogP contribution in [0, 0.1) is 12.8 Å². The first kappa shape index (κ1) is 18.7. The number of amides is 2. The number of benzene rings is 1. The van der Waals surface area contributed by atoms with Crippen LogP contribution in [0.5, 0.6) is 0 Å². The molecule has 132 valence electrons. The molecule has 0 spiro atoms. The molecule has 1 aliphatic heterocycles. The first-order valence-electron chi connectivity index (χ1n) is 8.51. The van der Waals surface area contributed by atoms with E-state index < -0.39 is 6.04 Å². The zero-order valence-corrected chi connectivity index (χ0v) is 14.9. The monoisotopic (exact) mass is 351 g/mol. The summed E-state index contributed by atoms with van der Waals surface area (Å²) < 4.78 is 0. The van der Waals surface area contributed by atoms with Crippen LogP contribution in [0.2, 0.25) is 0 Å². The molecule has 5 nitrogen and oxygen atoms in total. The van der Waals surface area contributed by atoms with Gasteiger partial charge in [-0.1, -0.05) is 17.7 Å². The number of anilines is 1. The van der Waals surface area contributed by atoms with Gasteiger partial charge in [-0.15, -0.1) is 12.4 Å². The minimum atomic E-state index is -0.403. The third-order valence-corrected chi connectivity index (χ3v) is 4.54. The lowest BCUT2D eigenvalue weighted by atomic mass is 10.0. The number of nitrogens with one attached hydrogen (secondary N) is 2. The van der Waals surface area contributed by atoms with E-state index in [9.17, 15) is 9.59 Å². The van der Waals surface area contributed by atoms with Crippen molar-refractivity contribution in [3.63, 3.8) is 0 Å². The summed E-state index contributed by atoms with van der Waals surface area (Å²) in [4.78, 5) is 26.4. The molecule has 2 aliphatic rings. The Morgan fingerprint density at radius 3 is 2.58 bits per heavy atom. The van der Waals surface area contributed by atoms with E-state index in [0.717, 1.165) is 31.0 Å². The molecule has 1 aliphatic carbocycles. The van der Waals surface area contributed by atoms with Gasteiger partial charge in [-0.3, -0.25) is 9.59 Å². The van der Waals surface area contributed by atoms with Crippen molar-refractivity contribution in [2.75, 3.05) is 24.5 Å². The van der Waals surface area contributed by atoms with Crippen LogP contribution in [0.3, 0.4) is 0 Å². The van der Waals surface area contributed by atoms with Crippen LogP contribution in [-0.4, -0.2) is 37.5 Å². The smallest absolute Gasteiger partial charge is 0.249 e. The predicted molar refractivity (Wildman–Crippen MR) is 97.5 cm³/mol. The molecule has 1 aromatic rings. The first-order chi connectivity index (χ1) is 11.1. The summed E-state index contributed by atoms with van der Waals surface area (Å²) >= 11 is 0. The van der Waals surface area contributed by atoms with Crippen LogP contribution in [-0.2, 0) is 9.59 Å². The lowest BCUT2D eigenvalue weighted by molar-refractivity contribution is -0.128. The summed E-state index contributed by atoms with van der Waals surface area (Å²) in [5.74, 6) is 0.654. The van der Waals surface area contributed by atoms with Crippen LogP contribution in [0.4, 0.5) is 5.69 Å². The quantitative estimate of drug-likeness (QED) is 0.824. The maximum Gasteiger partial charge on any atom is 0.249 e. The van der Waals surface area contributed by atoms with Gasteiger partial charge < -0.3 is 15.5 Å². The Morgan fingerprint density at radius 1 is 1.21 bits per heavy atom. The van der Waals surface area contributed by atoms with E-state index in [1.807, 2.05) is 31.2 Å². The summed E-state index contributed by atoms with van der Waals surface area (Å²) in [6.07, 6.45) is 4.15. The number of halogens is 1. The Labute approximate surface area is 149 Å². The van der Waals surface area contributed by atoms with Crippen LogP contribution in [0.15, 0.2) is 24.3 Å². The molecular formula is C18H26ClN3O2. The van der Waals surface area contributed by atoms with Crippen molar-refractivity contribution in [2.24, 2.45) is 5.92 Å². The molecule has 0 bridgehead atoms. The third-order valence-electron chi connectivity index (χ3n) is 4.54. The molecule has 2 fully saturated rings. The molecule has 1 aromatic carbocycles. The molecule has 1 atom stereocenters. The highest BCUT2D eigenvalue weighted by Crippen LogP contribution is 2.27. The van der Waals surface area contributed by atoms with Crippen molar-refractivity contribution in [3.8, 4) is 0 Å². The number of carbonyl (C=O) groups excluding carboxylic acids is 2. The maximum atomic E-state index is 12.6. The normalized spacial score (nSPS) is 20.5. The molecule has 1 unspecified atom stereocenters. The third kappa shape index (κ3) is 4.95. The van der Waals surface area contributed by atoms with E-state index in [2.05, 4.69) is 10.6 Å². The molecule has 1 saturated carbocycles. The Hall–Kier alpha value is -1.59. The number of carbonyl (C=O) groups is 2. The lowest BCUT2D eigenvalue weighted by Gasteiger charge is -2.32. The van der Waals surface area contributed by atoms with Gasteiger partial charge >= 0.3 is 0 Å². The number of nitrogens with zero attached hydrogens (tertiary/aromatic N) is 1. The topological polar surface area (TPSA) is 61.4 Å². The number of aryl methyl sites for hydroxylation is 1. The Kier molecular flexibility index (Phi) is 6.63. The van der Waals surface area contributed by atoms with Crippen LogP contribution >= 0.6 is 12.4 Å². The van der Waals surface area contributed by atoms with Crippen molar-refractivity contribution >= 4 is 29.9 Å². The van der Waals surface area contributed by atoms with E-state index >= 15 is 0 Å². The molecule has 24 heavy (non-hydrogen) atoms. The van der Waals surface area contributed by atoms with E-state index in [0.29, 0.717) is 13.1 Å². The second-order valence-corrected chi connectivity index (χ2v) is 6.66. The summed E-state index contributed by atoms with van der Waals surface area (Å²) in [6.45, 7) is 3.94. The molecular weight excluding hydrogens is 326 g/mol. The Balaban J connectivity index is 0.00000208. The minimum Gasteiger partial charge on any atom is -0.343 e. The SMILES string of the molecule is Cc1ccc(N2CCCC(NC(=O)CNCC3CC3)C2=O)cc1.Cl. The van der Waals surface area contributed by atoms with Gasteiger partial charge in [-0.2, -0.15) is 0 Å². The average molecular weight is 352 g/mol. The standard InChI is InChI=1S/C18H25N3O2.ClH/c1-13-4-8-15(9-5-13)21-10-2-3-16(18(21)23)20-17(22)12-19-11-14-6-7-14;/h4-5,8-9,14,16,19H,2-3,6-7,10-12H2,1H3,(H,20,22);1H. The van der Waals surface area contributed by atoms with Crippen molar-refractivity contribution in [1.29, 1.82) is 0 Å². The number of hydrogen-bond acceptors (Lipinski definition) is 3. The van der Waals surface area contributed by atoms with Gasteiger partial charge in [-0.25, -0.2) is 0 Å². The Bertz CT molecular complexity index is 572. The van der Waals surface area contributed by atoms with Crippen LogP contribution < -0.4 is 15.5 Å². The maximum absolute atomic E-state index is 12.6. The second-order valence-electron chi connectivity index (χ2n) is 6.66. The number of piperidine rings is 1. The highest BCUT2D eigenvalue weighted by Gasteiger charge is 2.30. The molecule has 6 heteroatoms. The highest BCUT2D eigenvalue weighted by molar-refractivity contribution is 6.00. The zero-order chi connectivity index (χ0) is 16.2. The first-order valence-corrected chi connectivity index (χ1v) is 8.51. The van der Waals surface area contributed by atoms with Gasteiger partial charge in [0.2, 0.25) is 11.8 Å². The molecule has 2 N–H and O–H groups in total. The van der Waals surface area contributed by atoms with E-state index in [1.165, 1.54) is 18.4 Å². The molecule has 0 radical (unpaired) electrons. The van der Waals surface area contributed by atoms with Crippen molar-refractivity contribution in [1.82, 2.24) is 10.6 Å².